The van der Waals surface area contributed by atoms with E-state index in [9.17, 15) is 9.59 Å². The molecule has 0 aliphatic carbocycles. The van der Waals surface area contributed by atoms with E-state index in [1.165, 1.54) is 4.90 Å². The highest BCUT2D eigenvalue weighted by atomic mass is 16.2. The molecule has 0 saturated carbocycles. The number of hydrogen-bond acceptors (Lipinski definition) is 2. The van der Waals surface area contributed by atoms with E-state index in [-0.39, 0.29) is 17.7 Å². The second-order valence-electron chi connectivity index (χ2n) is 5.49. The van der Waals surface area contributed by atoms with Gasteiger partial charge in [0.15, 0.2) is 0 Å². The highest BCUT2D eigenvalue weighted by molar-refractivity contribution is 6.20. The summed E-state index contributed by atoms with van der Waals surface area (Å²) in [5.74, 6) is -0.446. The maximum absolute atomic E-state index is 12.5. The van der Waals surface area contributed by atoms with Gasteiger partial charge < -0.3 is 0 Å². The summed E-state index contributed by atoms with van der Waals surface area (Å²) in [5, 5.41) is 0. The summed E-state index contributed by atoms with van der Waals surface area (Å²) in [6, 6.07) is 17.3. The minimum absolute atomic E-state index is 0.0901. The van der Waals surface area contributed by atoms with Crippen molar-refractivity contribution in [1.82, 2.24) is 0 Å². The lowest BCUT2D eigenvalue weighted by Gasteiger charge is -2.15. The summed E-state index contributed by atoms with van der Waals surface area (Å²) in [6.45, 7) is 1.98. The number of anilines is 1. The first kappa shape index (κ1) is 13.6. The Bertz CT molecular complexity index is 661. The van der Waals surface area contributed by atoms with Crippen molar-refractivity contribution in [1.29, 1.82) is 0 Å². The van der Waals surface area contributed by atoms with Gasteiger partial charge in [0.2, 0.25) is 11.8 Å². The molecular formula is C18H17NO2. The van der Waals surface area contributed by atoms with Gasteiger partial charge in [-0.25, -0.2) is 0 Å². The Morgan fingerprint density at radius 3 is 2.33 bits per heavy atom. The van der Waals surface area contributed by atoms with E-state index in [0.29, 0.717) is 18.5 Å². The molecular weight excluding hydrogens is 262 g/mol. The van der Waals surface area contributed by atoms with E-state index in [1.54, 1.807) is 0 Å². The first-order valence-electron chi connectivity index (χ1n) is 7.12. The SMILES string of the molecule is Cc1ccc(N2C(=O)C[C@H](Cc3ccccc3)C2=O)cc1. The van der Waals surface area contributed by atoms with Crippen LogP contribution in [0.3, 0.4) is 0 Å². The van der Waals surface area contributed by atoms with Crippen LogP contribution in [0.4, 0.5) is 5.69 Å². The molecule has 1 atom stereocenters. The van der Waals surface area contributed by atoms with Gasteiger partial charge in [0.25, 0.3) is 0 Å². The fourth-order valence-corrected chi connectivity index (χ4v) is 2.72. The summed E-state index contributed by atoms with van der Waals surface area (Å²) in [7, 11) is 0. The van der Waals surface area contributed by atoms with Crippen LogP contribution in [0.15, 0.2) is 54.6 Å². The average molecular weight is 279 g/mol. The fourth-order valence-electron chi connectivity index (χ4n) is 2.72. The summed E-state index contributed by atoms with van der Waals surface area (Å²) in [4.78, 5) is 26.0. The van der Waals surface area contributed by atoms with Gasteiger partial charge >= 0.3 is 0 Å². The van der Waals surface area contributed by atoms with Crippen molar-refractivity contribution in [3.05, 3.63) is 65.7 Å². The Hall–Kier alpha value is -2.42. The second-order valence-corrected chi connectivity index (χ2v) is 5.49. The van der Waals surface area contributed by atoms with Crippen LogP contribution >= 0.6 is 0 Å². The topological polar surface area (TPSA) is 37.4 Å². The largest absolute Gasteiger partial charge is 0.274 e. The van der Waals surface area contributed by atoms with Crippen LogP contribution in [0.2, 0.25) is 0 Å². The van der Waals surface area contributed by atoms with Crippen molar-refractivity contribution >= 4 is 17.5 Å². The quantitative estimate of drug-likeness (QED) is 0.810. The maximum atomic E-state index is 12.5. The number of amides is 2. The number of aryl methyl sites for hydroxylation is 1. The molecule has 2 aromatic rings. The zero-order valence-corrected chi connectivity index (χ0v) is 12.0. The lowest BCUT2D eigenvalue weighted by Crippen LogP contribution is -2.30. The molecule has 106 valence electrons. The third kappa shape index (κ3) is 2.72. The average Bonchev–Trinajstić information content (AvgIpc) is 2.76. The predicted octanol–water partition coefficient (Wildman–Crippen LogP) is 3.12. The zero-order valence-electron chi connectivity index (χ0n) is 12.0. The molecule has 0 radical (unpaired) electrons. The smallest absolute Gasteiger partial charge is 0.237 e. The Morgan fingerprint density at radius 2 is 1.67 bits per heavy atom. The van der Waals surface area contributed by atoms with E-state index in [0.717, 1.165) is 11.1 Å². The van der Waals surface area contributed by atoms with Crippen LogP contribution in [0.1, 0.15) is 17.5 Å². The van der Waals surface area contributed by atoms with Gasteiger partial charge in [0, 0.05) is 6.42 Å². The molecule has 3 rings (SSSR count). The summed E-state index contributed by atoms with van der Waals surface area (Å²) < 4.78 is 0. The molecule has 21 heavy (non-hydrogen) atoms. The van der Waals surface area contributed by atoms with Gasteiger partial charge in [-0.05, 0) is 31.0 Å². The molecule has 3 nitrogen and oxygen atoms in total. The Labute approximate surface area is 124 Å². The molecule has 1 aliphatic heterocycles. The molecule has 0 aromatic heterocycles. The molecule has 3 heteroatoms. The van der Waals surface area contributed by atoms with Crippen molar-refractivity contribution in [3.8, 4) is 0 Å². The van der Waals surface area contributed by atoms with Crippen molar-refractivity contribution in [2.45, 2.75) is 19.8 Å². The molecule has 0 N–H and O–H groups in total. The molecule has 0 unspecified atom stereocenters. The van der Waals surface area contributed by atoms with Gasteiger partial charge in [-0.15, -0.1) is 0 Å². The lowest BCUT2D eigenvalue weighted by molar-refractivity contribution is -0.122. The van der Waals surface area contributed by atoms with Crippen LogP contribution in [-0.4, -0.2) is 11.8 Å². The van der Waals surface area contributed by atoms with Gasteiger partial charge in [0.1, 0.15) is 0 Å². The zero-order chi connectivity index (χ0) is 14.8. The minimum atomic E-state index is -0.249. The van der Waals surface area contributed by atoms with E-state index in [1.807, 2.05) is 61.5 Å². The summed E-state index contributed by atoms with van der Waals surface area (Å²) in [5.41, 5.74) is 2.87. The number of imide groups is 1. The second kappa shape index (κ2) is 5.52. The number of rotatable bonds is 3. The first-order chi connectivity index (χ1) is 10.1. The Kier molecular flexibility index (Phi) is 3.57. The monoisotopic (exact) mass is 279 g/mol. The first-order valence-corrected chi connectivity index (χ1v) is 7.12. The Balaban J connectivity index is 1.80. The maximum Gasteiger partial charge on any atom is 0.237 e. The molecule has 1 aliphatic rings. The lowest BCUT2D eigenvalue weighted by atomic mass is 9.98. The molecule has 1 heterocycles. The number of carbonyl (C=O) groups is 2. The molecule has 1 saturated heterocycles. The van der Waals surface area contributed by atoms with Gasteiger partial charge in [-0.3, -0.25) is 14.5 Å². The standard InChI is InChI=1S/C18H17NO2/c1-13-7-9-16(10-8-13)19-17(20)12-15(18(19)21)11-14-5-3-2-4-6-14/h2-10,15H,11-12H2,1H3/t15-/m0/s1. The van der Waals surface area contributed by atoms with Gasteiger partial charge in [-0.1, -0.05) is 48.0 Å². The summed E-state index contributed by atoms with van der Waals surface area (Å²) >= 11 is 0. The van der Waals surface area contributed by atoms with Crippen molar-refractivity contribution in [2.24, 2.45) is 5.92 Å². The van der Waals surface area contributed by atoms with E-state index in [2.05, 4.69) is 0 Å². The summed E-state index contributed by atoms with van der Waals surface area (Å²) in [6.07, 6.45) is 0.912. The number of nitrogens with zero attached hydrogens (tertiary/aromatic N) is 1. The predicted molar refractivity (Wildman–Crippen MR) is 81.9 cm³/mol. The van der Waals surface area contributed by atoms with Crippen LogP contribution in [-0.2, 0) is 16.0 Å². The van der Waals surface area contributed by atoms with Gasteiger partial charge in [-0.2, -0.15) is 0 Å². The van der Waals surface area contributed by atoms with E-state index < -0.39 is 0 Å². The molecule has 2 amide bonds. The van der Waals surface area contributed by atoms with E-state index >= 15 is 0 Å². The fraction of sp³-hybridized carbons (Fsp3) is 0.222. The minimum Gasteiger partial charge on any atom is -0.274 e. The third-order valence-corrected chi connectivity index (χ3v) is 3.86. The van der Waals surface area contributed by atoms with Crippen LogP contribution < -0.4 is 4.90 Å². The van der Waals surface area contributed by atoms with Crippen molar-refractivity contribution < 1.29 is 9.59 Å². The number of benzene rings is 2. The molecule has 0 bridgehead atoms. The molecule has 0 spiro atoms. The van der Waals surface area contributed by atoms with Crippen molar-refractivity contribution in [3.63, 3.8) is 0 Å². The third-order valence-electron chi connectivity index (χ3n) is 3.86. The van der Waals surface area contributed by atoms with Crippen LogP contribution in [0.5, 0.6) is 0 Å². The Morgan fingerprint density at radius 1 is 1.00 bits per heavy atom. The van der Waals surface area contributed by atoms with E-state index in [4.69, 9.17) is 0 Å². The highest BCUT2D eigenvalue weighted by Crippen LogP contribution is 2.28. The normalized spacial score (nSPS) is 18.3. The van der Waals surface area contributed by atoms with Crippen LogP contribution in [0, 0.1) is 12.8 Å². The molecule has 2 aromatic carbocycles. The number of hydrogen-bond donors (Lipinski definition) is 0. The van der Waals surface area contributed by atoms with Gasteiger partial charge in [0.05, 0.1) is 11.6 Å². The van der Waals surface area contributed by atoms with Crippen LogP contribution in [0.25, 0.3) is 0 Å². The number of carbonyl (C=O) groups excluding carboxylic acids is 2. The highest BCUT2D eigenvalue weighted by Gasteiger charge is 2.39. The molecule has 1 fully saturated rings. The van der Waals surface area contributed by atoms with Crippen molar-refractivity contribution in [2.75, 3.05) is 4.90 Å².